The number of aryl methyl sites for hydroxylation is 1. The molecular weight excluding hydrogens is 256 g/mol. The number of carbonyl (C=O) groups excluding carboxylic acids is 1. The van der Waals surface area contributed by atoms with Crippen LogP contribution >= 0.6 is 0 Å². The highest BCUT2D eigenvalue weighted by Crippen LogP contribution is 2.16. The van der Waals surface area contributed by atoms with Crippen LogP contribution in [-0.4, -0.2) is 29.6 Å². The molecule has 3 N–H and O–H groups in total. The highest BCUT2D eigenvalue weighted by Gasteiger charge is 2.03. The third kappa shape index (κ3) is 3.83. The Kier molecular flexibility index (Phi) is 4.73. The molecule has 20 heavy (non-hydrogen) atoms. The summed E-state index contributed by atoms with van der Waals surface area (Å²) in [5, 5.41) is 6.03. The number of anilines is 2. The Bertz CT molecular complexity index is 580. The fourth-order valence-electron chi connectivity index (χ4n) is 1.79. The Balaban J connectivity index is 1.95. The minimum absolute atomic E-state index is 0.0458. The number of rotatable bonds is 6. The minimum atomic E-state index is -0.173. The van der Waals surface area contributed by atoms with Crippen LogP contribution < -0.4 is 10.6 Å². The van der Waals surface area contributed by atoms with Gasteiger partial charge < -0.3 is 20.4 Å². The Hall–Kier alpha value is -2.34. The molecule has 0 aliphatic carbocycles. The normalized spacial score (nSPS) is 10.3. The molecule has 0 radical (unpaired) electrons. The first-order valence-electron chi connectivity index (χ1n) is 6.30. The van der Waals surface area contributed by atoms with Crippen LogP contribution in [0.1, 0.15) is 11.4 Å². The third-order valence-corrected chi connectivity index (χ3v) is 2.82. The number of aromatic amines is 1. The lowest BCUT2D eigenvalue weighted by molar-refractivity contribution is -0.119. The molecule has 1 heterocycles. The molecule has 0 fully saturated rings. The molecule has 0 bridgehead atoms. The van der Waals surface area contributed by atoms with E-state index in [0.717, 1.165) is 22.8 Å². The zero-order valence-electron chi connectivity index (χ0n) is 11.6. The zero-order valence-corrected chi connectivity index (χ0v) is 11.6. The molecule has 0 atom stereocenters. The summed E-state index contributed by atoms with van der Waals surface area (Å²) in [6.07, 6.45) is 1.67. The van der Waals surface area contributed by atoms with E-state index in [1.54, 1.807) is 6.33 Å². The summed E-state index contributed by atoms with van der Waals surface area (Å²) in [5.74, 6) is -0.173. The average molecular weight is 274 g/mol. The van der Waals surface area contributed by atoms with Gasteiger partial charge in [-0.05, 0) is 25.1 Å². The Morgan fingerprint density at radius 3 is 2.90 bits per heavy atom. The summed E-state index contributed by atoms with van der Waals surface area (Å²) in [7, 11) is 1.49. The van der Waals surface area contributed by atoms with Crippen LogP contribution in [0.25, 0.3) is 0 Å². The van der Waals surface area contributed by atoms with Crippen molar-refractivity contribution in [3.63, 3.8) is 0 Å². The number of hydrogen-bond donors (Lipinski definition) is 3. The predicted octanol–water partition coefficient (Wildman–Crippen LogP) is 1.92. The standard InChI is InChI=1S/C14H18N4O2/c1-10-13(17-9-16-10)7-15-11-4-3-5-12(6-11)18-14(19)8-20-2/h3-6,9,15H,7-8H2,1-2H3,(H,16,17)(H,18,19). The first-order valence-corrected chi connectivity index (χ1v) is 6.30. The van der Waals surface area contributed by atoms with E-state index in [2.05, 4.69) is 20.6 Å². The Labute approximate surface area is 117 Å². The quantitative estimate of drug-likeness (QED) is 0.752. The van der Waals surface area contributed by atoms with Gasteiger partial charge in [0.1, 0.15) is 6.61 Å². The van der Waals surface area contributed by atoms with Crippen molar-refractivity contribution >= 4 is 17.3 Å². The molecule has 0 saturated heterocycles. The summed E-state index contributed by atoms with van der Waals surface area (Å²) < 4.78 is 4.78. The van der Waals surface area contributed by atoms with Gasteiger partial charge in [0, 0.05) is 24.2 Å². The Morgan fingerprint density at radius 1 is 1.40 bits per heavy atom. The van der Waals surface area contributed by atoms with Crippen LogP contribution in [0.4, 0.5) is 11.4 Å². The average Bonchev–Trinajstić information content (AvgIpc) is 2.82. The van der Waals surface area contributed by atoms with Gasteiger partial charge in [0.2, 0.25) is 5.91 Å². The number of nitrogens with one attached hydrogen (secondary N) is 3. The molecule has 1 aromatic heterocycles. The van der Waals surface area contributed by atoms with Crippen LogP contribution in [0.15, 0.2) is 30.6 Å². The number of aromatic nitrogens is 2. The van der Waals surface area contributed by atoms with Crippen molar-refractivity contribution in [2.75, 3.05) is 24.4 Å². The summed E-state index contributed by atoms with van der Waals surface area (Å²) in [4.78, 5) is 18.7. The highest BCUT2D eigenvalue weighted by molar-refractivity contribution is 5.92. The monoisotopic (exact) mass is 274 g/mol. The molecule has 2 aromatic rings. The highest BCUT2D eigenvalue weighted by atomic mass is 16.5. The van der Waals surface area contributed by atoms with Crippen molar-refractivity contribution in [1.29, 1.82) is 0 Å². The minimum Gasteiger partial charge on any atom is -0.379 e. The topological polar surface area (TPSA) is 79.0 Å². The smallest absolute Gasteiger partial charge is 0.250 e. The maximum atomic E-state index is 11.4. The third-order valence-electron chi connectivity index (χ3n) is 2.82. The van der Waals surface area contributed by atoms with Crippen LogP contribution in [0.3, 0.4) is 0 Å². The summed E-state index contributed by atoms with van der Waals surface area (Å²) in [6.45, 7) is 2.65. The van der Waals surface area contributed by atoms with Crippen LogP contribution in [-0.2, 0) is 16.1 Å². The van der Waals surface area contributed by atoms with Gasteiger partial charge in [0.25, 0.3) is 0 Å². The molecule has 0 spiro atoms. The lowest BCUT2D eigenvalue weighted by Gasteiger charge is -2.09. The number of imidazole rings is 1. The SMILES string of the molecule is COCC(=O)Nc1cccc(NCc2nc[nH]c2C)c1. The number of nitrogens with zero attached hydrogens (tertiary/aromatic N) is 1. The predicted molar refractivity (Wildman–Crippen MR) is 77.6 cm³/mol. The van der Waals surface area contributed by atoms with Gasteiger partial charge in [0.15, 0.2) is 0 Å². The second kappa shape index (κ2) is 6.72. The van der Waals surface area contributed by atoms with E-state index in [9.17, 15) is 4.79 Å². The molecule has 0 saturated carbocycles. The molecule has 1 aromatic carbocycles. The van der Waals surface area contributed by atoms with Crippen molar-refractivity contribution in [3.05, 3.63) is 42.0 Å². The van der Waals surface area contributed by atoms with Crippen LogP contribution in [0.2, 0.25) is 0 Å². The van der Waals surface area contributed by atoms with Crippen molar-refractivity contribution in [3.8, 4) is 0 Å². The number of carbonyl (C=O) groups is 1. The van der Waals surface area contributed by atoms with Gasteiger partial charge in [-0.25, -0.2) is 4.98 Å². The summed E-state index contributed by atoms with van der Waals surface area (Å²) in [5.41, 5.74) is 3.67. The van der Waals surface area contributed by atoms with E-state index in [0.29, 0.717) is 6.54 Å². The first kappa shape index (κ1) is 14.1. The largest absolute Gasteiger partial charge is 0.379 e. The lowest BCUT2D eigenvalue weighted by atomic mass is 10.2. The van der Waals surface area contributed by atoms with E-state index in [1.807, 2.05) is 31.2 Å². The Morgan fingerprint density at radius 2 is 2.20 bits per heavy atom. The maximum absolute atomic E-state index is 11.4. The zero-order chi connectivity index (χ0) is 14.4. The molecular formula is C14H18N4O2. The van der Waals surface area contributed by atoms with E-state index in [-0.39, 0.29) is 12.5 Å². The van der Waals surface area contributed by atoms with Gasteiger partial charge >= 0.3 is 0 Å². The number of methoxy groups -OCH3 is 1. The molecule has 0 aliphatic heterocycles. The second-order valence-corrected chi connectivity index (χ2v) is 4.39. The van der Waals surface area contributed by atoms with E-state index >= 15 is 0 Å². The van der Waals surface area contributed by atoms with Crippen molar-refractivity contribution < 1.29 is 9.53 Å². The second-order valence-electron chi connectivity index (χ2n) is 4.39. The summed E-state index contributed by atoms with van der Waals surface area (Å²) >= 11 is 0. The fraction of sp³-hybridized carbons (Fsp3) is 0.286. The number of hydrogen-bond acceptors (Lipinski definition) is 4. The van der Waals surface area contributed by atoms with Crippen molar-refractivity contribution in [2.45, 2.75) is 13.5 Å². The van der Waals surface area contributed by atoms with Gasteiger partial charge in [-0.3, -0.25) is 4.79 Å². The van der Waals surface area contributed by atoms with Gasteiger partial charge in [0.05, 0.1) is 18.6 Å². The van der Waals surface area contributed by atoms with Gasteiger partial charge in [-0.1, -0.05) is 6.07 Å². The number of benzene rings is 1. The number of ether oxygens (including phenoxy) is 1. The molecule has 106 valence electrons. The van der Waals surface area contributed by atoms with Crippen molar-refractivity contribution in [1.82, 2.24) is 9.97 Å². The molecule has 1 amide bonds. The van der Waals surface area contributed by atoms with E-state index in [1.165, 1.54) is 7.11 Å². The fourth-order valence-corrected chi connectivity index (χ4v) is 1.79. The number of H-pyrrole nitrogens is 1. The van der Waals surface area contributed by atoms with Crippen molar-refractivity contribution in [2.24, 2.45) is 0 Å². The van der Waals surface area contributed by atoms with Gasteiger partial charge in [-0.2, -0.15) is 0 Å². The molecule has 6 heteroatoms. The van der Waals surface area contributed by atoms with Crippen LogP contribution in [0, 0.1) is 6.92 Å². The lowest BCUT2D eigenvalue weighted by Crippen LogP contribution is -2.17. The van der Waals surface area contributed by atoms with E-state index in [4.69, 9.17) is 4.74 Å². The van der Waals surface area contributed by atoms with Crippen LogP contribution in [0.5, 0.6) is 0 Å². The van der Waals surface area contributed by atoms with Gasteiger partial charge in [-0.15, -0.1) is 0 Å². The molecule has 6 nitrogen and oxygen atoms in total. The molecule has 0 unspecified atom stereocenters. The molecule has 0 aliphatic rings. The maximum Gasteiger partial charge on any atom is 0.250 e. The molecule has 2 rings (SSSR count). The first-order chi connectivity index (χ1) is 9.69. The summed E-state index contributed by atoms with van der Waals surface area (Å²) in [6, 6.07) is 7.52. The number of amides is 1. The van der Waals surface area contributed by atoms with E-state index < -0.39 is 0 Å².